The van der Waals surface area contributed by atoms with Crippen LogP contribution in [0.1, 0.15) is 47.4 Å². The molecule has 0 saturated heterocycles. The molecule has 3 N–H and O–H groups in total. The van der Waals surface area contributed by atoms with Gasteiger partial charge in [-0.05, 0) is 56.0 Å². The largest absolute Gasteiger partial charge is 0.466 e. The number of nitrogens with zero attached hydrogens (tertiary/aromatic N) is 1. The van der Waals surface area contributed by atoms with Gasteiger partial charge in [-0.2, -0.15) is 0 Å². The fraction of sp³-hybridized carbons (Fsp3) is 0.400. The van der Waals surface area contributed by atoms with Crippen LogP contribution in [0.5, 0.6) is 0 Å². The van der Waals surface area contributed by atoms with Crippen LogP contribution in [-0.2, 0) is 22.4 Å². The van der Waals surface area contributed by atoms with E-state index in [4.69, 9.17) is 10.5 Å². The molecule has 5 nitrogen and oxygen atoms in total. The van der Waals surface area contributed by atoms with Crippen LogP contribution in [-0.4, -0.2) is 29.2 Å². The summed E-state index contributed by atoms with van der Waals surface area (Å²) < 4.78 is 4.99. The predicted octanol–water partition coefficient (Wildman–Crippen LogP) is 2.47. The van der Waals surface area contributed by atoms with Crippen LogP contribution in [0.3, 0.4) is 0 Å². The highest BCUT2D eigenvalue weighted by Crippen LogP contribution is 2.26. The van der Waals surface area contributed by atoms with Gasteiger partial charge in [0, 0.05) is 23.9 Å². The lowest BCUT2D eigenvalue weighted by atomic mass is 9.94. The molecule has 0 aliphatic heterocycles. The predicted molar refractivity (Wildman–Crippen MR) is 97.2 cm³/mol. The van der Waals surface area contributed by atoms with E-state index in [1.807, 2.05) is 37.3 Å². The van der Waals surface area contributed by atoms with E-state index in [0.29, 0.717) is 26.0 Å². The van der Waals surface area contributed by atoms with Crippen molar-refractivity contribution in [2.75, 3.05) is 13.2 Å². The van der Waals surface area contributed by atoms with Gasteiger partial charge < -0.3 is 15.6 Å². The van der Waals surface area contributed by atoms with Gasteiger partial charge in [-0.15, -0.1) is 0 Å². The summed E-state index contributed by atoms with van der Waals surface area (Å²) in [6.07, 6.45) is 2.57. The Labute approximate surface area is 148 Å². The van der Waals surface area contributed by atoms with E-state index in [1.54, 1.807) is 13.1 Å². The van der Waals surface area contributed by atoms with Crippen molar-refractivity contribution in [2.24, 2.45) is 5.73 Å². The quantitative estimate of drug-likeness (QED) is 0.720. The molecule has 134 valence electrons. The molecule has 2 aromatic rings. The monoisotopic (exact) mass is 342 g/mol. The Hall–Kier alpha value is -2.24. The number of aliphatic hydroxyl groups is 1. The normalized spacial score (nSPS) is 12.0. The Morgan fingerprint density at radius 3 is 2.64 bits per heavy atom. The average molecular weight is 342 g/mol. The van der Waals surface area contributed by atoms with Crippen molar-refractivity contribution in [3.63, 3.8) is 0 Å². The summed E-state index contributed by atoms with van der Waals surface area (Å²) in [6.45, 7) is 4.59. The molecule has 0 aliphatic rings. The number of hydrogen-bond acceptors (Lipinski definition) is 5. The molecule has 1 aromatic heterocycles. The number of pyridine rings is 1. The average Bonchev–Trinajstić information content (AvgIpc) is 2.60. The van der Waals surface area contributed by atoms with Crippen LogP contribution in [0, 0.1) is 6.92 Å². The van der Waals surface area contributed by atoms with Crippen LogP contribution in [0.2, 0.25) is 0 Å². The van der Waals surface area contributed by atoms with Crippen LogP contribution in [0.15, 0.2) is 36.5 Å². The topological polar surface area (TPSA) is 85.4 Å². The molecular weight excluding hydrogens is 316 g/mol. The fourth-order valence-corrected chi connectivity index (χ4v) is 2.85. The highest BCUT2D eigenvalue weighted by Gasteiger charge is 2.15. The Morgan fingerprint density at radius 1 is 1.28 bits per heavy atom. The Bertz CT molecular complexity index is 716. The Balaban J connectivity index is 2.27. The smallest absolute Gasteiger partial charge is 0.306 e. The second-order valence-electron chi connectivity index (χ2n) is 6.01. The number of nitrogens with two attached hydrogens (primary N) is 1. The first-order valence-corrected chi connectivity index (χ1v) is 8.63. The molecule has 0 aliphatic carbocycles. The van der Waals surface area contributed by atoms with E-state index < -0.39 is 6.10 Å². The number of aromatic nitrogens is 1. The SMILES string of the molecule is CCOC(=O)CCc1cc(CCN)cc(C(O)c2cccnc2C)c1. The number of aryl methyl sites for hydroxylation is 2. The van der Waals surface area contributed by atoms with Gasteiger partial charge in [-0.25, -0.2) is 0 Å². The van der Waals surface area contributed by atoms with E-state index in [1.165, 1.54) is 0 Å². The minimum absolute atomic E-state index is 0.211. The zero-order valence-electron chi connectivity index (χ0n) is 14.9. The molecule has 0 bridgehead atoms. The molecule has 1 atom stereocenters. The summed E-state index contributed by atoms with van der Waals surface area (Å²) in [5.74, 6) is -0.211. The third-order valence-corrected chi connectivity index (χ3v) is 4.09. The molecule has 5 heteroatoms. The third kappa shape index (κ3) is 5.37. The van der Waals surface area contributed by atoms with Crippen molar-refractivity contribution in [1.82, 2.24) is 4.98 Å². The number of aliphatic hydroxyl groups excluding tert-OH is 1. The Kier molecular flexibility index (Phi) is 7.10. The lowest BCUT2D eigenvalue weighted by molar-refractivity contribution is -0.143. The third-order valence-electron chi connectivity index (χ3n) is 4.09. The van der Waals surface area contributed by atoms with Crippen LogP contribution >= 0.6 is 0 Å². The van der Waals surface area contributed by atoms with Crippen LogP contribution in [0.25, 0.3) is 0 Å². The van der Waals surface area contributed by atoms with Crippen molar-refractivity contribution in [2.45, 2.75) is 39.2 Å². The zero-order valence-corrected chi connectivity index (χ0v) is 14.9. The van der Waals surface area contributed by atoms with Gasteiger partial charge in [0.25, 0.3) is 0 Å². The van der Waals surface area contributed by atoms with Crippen LogP contribution < -0.4 is 5.73 Å². The number of carbonyl (C=O) groups excluding carboxylic acids is 1. The number of ether oxygens (including phenoxy) is 1. The van der Waals surface area contributed by atoms with Crippen molar-refractivity contribution in [1.29, 1.82) is 0 Å². The van der Waals surface area contributed by atoms with Gasteiger partial charge in [-0.3, -0.25) is 9.78 Å². The number of benzene rings is 1. The molecule has 1 unspecified atom stereocenters. The molecule has 2 rings (SSSR count). The number of rotatable bonds is 8. The molecule has 0 fully saturated rings. The molecule has 1 heterocycles. The maximum Gasteiger partial charge on any atom is 0.306 e. The van der Waals surface area contributed by atoms with E-state index in [9.17, 15) is 9.90 Å². The molecule has 0 saturated carbocycles. The summed E-state index contributed by atoms with van der Waals surface area (Å²) in [4.78, 5) is 15.9. The summed E-state index contributed by atoms with van der Waals surface area (Å²) in [5.41, 5.74) is 10.1. The van der Waals surface area contributed by atoms with Crippen molar-refractivity contribution in [3.8, 4) is 0 Å². The molecule has 0 radical (unpaired) electrons. The number of carbonyl (C=O) groups is 1. The van der Waals surface area contributed by atoms with Gasteiger partial charge in [0.15, 0.2) is 0 Å². The van der Waals surface area contributed by atoms with Crippen molar-refractivity contribution >= 4 is 5.97 Å². The molecule has 1 aromatic carbocycles. The lowest BCUT2D eigenvalue weighted by Crippen LogP contribution is -2.09. The molecular formula is C20H26N2O3. The number of esters is 1. The summed E-state index contributed by atoms with van der Waals surface area (Å²) >= 11 is 0. The summed E-state index contributed by atoms with van der Waals surface area (Å²) in [7, 11) is 0. The number of hydrogen-bond donors (Lipinski definition) is 2. The summed E-state index contributed by atoms with van der Waals surface area (Å²) in [5, 5.41) is 10.8. The van der Waals surface area contributed by atoms with E-state index in [2.05, 4.69) is 4.98 Å². The minimum atomic E-state index is -0.757. The maximum absolute atomic E-state index is 11.6. The van der Waals surface area contributed by atoms with Gasteiger partial charge in [0.1, 0.15) is 6.10 Å². The standard InChI is InChI=1S/C20H26N2O3/c1-3-25-19(23)7-6-15-11-16(8-9-21)13-17(12-15)20(24)18-5-4-10-22-14(18)2/h4-5,10-13,20,24H,3,6-9,21H2,1-2H3. The van der Waals surface area contributed by atoms with E-state index in [-0.39, 0.29) is 5.97 Å². The van der Waals surface area contributed by atoms with Gasteiger partial charge in [0.2, 0.25) is 0 Å². The van der Waals surface area contributed by atoms with Gasteiger partial charge in [0.05, 0.1) is 6.61 Å². The zero-order chi connectivity index (χ0) is 18.2. The van der Waals surface area contributed by atoms with Crippen molar-refractivity contribution in [3.05, 3.63) is 64.5 Å². The van der Waals surface area contributed by atoms with E-state index in [0.717, 1.165) is 34.4 Å². The van der Waals surface area contributed by atoms with Crippen LogP contribution in [0.4, 0.5) is 0 Å². The second kappa shape index (κ2) is 9.30. The minimum Gasteiger partial charge on any atom is -0.466 e. The first kappa shape index (κ1) is 19.1. The molecule has 0 spiro atoms. The lowest BCUT2D eigenvalue weighted by Gasteiger charge is -2.16. The fourth-order valence-electron chi connectivity index (χ4n) is 2.85. The maximum atomic E-state index is 11.6. The van der Waals surface area contributed by atoms with Gasteiger partial charge >= 0.3 is 5.97 Å². The summed E-state index contributed by atoms with van der Waals surface area (Å²) in [6, 6.07) is 9.64. The molecule has 25 heavy (non-hydrogen) atoms. The van der Waals surface area contributed by atoms with Gasteiger partial charge in [-0.1, -0.05) is 24.3 Å². The van der Waals surface area contributed by atoms with E-state index >= 15 is 0 Å². The first-order chi connectivity index (χ1) is 12.0. The highest BCUT2D eigenvalue weighted by molar-refractivity contribution is 5.69. The second-order valence-corrected chi connectivity index (χ2v) is 6.01. The first-order valence-electron chi connectivity index (χ1n) is 8.63. The van der Waals surface area contributed by atoms with Crippen molar-refractivity contribution < 1.29 is 14.6 Å². The highest BCUT2D eigenvalue weighted by atomic mass is 16.5. The molecule has 0 amide bonds. The Morgan fingerprint density at radius 2 is 2.00 bits per heavy atom.